The lowest BCUT2D eigenvalue weighted by molar-refractivity contribution is -0.141. The van der Waals surface area contributed by atoms with E-state index in [2.05, 4.69) is 29.9 Å². The van der Waals surface area contributed by atoms with E-state index in [1.54, 1.807) is 9.42 Å². The van der Waals surface area contributed by atoms with Gasteiger partial charge in [-0.25, -0.2) is 15.0 Å². The van der Waals surface area contributed by atoms with Gasteiger partial charge in [0, 0.05) is 43.6 Å². The summed E-state index contributed by atoms with van der Waals surface area (Å²) in [7, 11) is 0. The number of fused-ring (bicyclic) bond motifs is 1. The highest BCUT2D eigenvalue weighted by Gasteiger charge is 2.33. The van der Waals surface area contributed by atoms with Crippen LogP contribution in [0.3, 0.4) is 0 Å². The summed E-state index contributed by atoms with van der Waals surface area (Å²) in [6, 6.07) is 0.879. The summed E-state index contributed by atoms with van der Waals surface area (Å²) < 4.78 is 40.3. The van der Waals surface area contributed by atoms with Gasteiger partial charge in [0.2, 0.25) is 5.95 Å². The molecule has 0 atom stereocenters. The van der Waals surface area contributed by atoms with Gasteiger partial charge < -0.3 is 9.80 Å². The lowest BCUT2D eigenvalue weighted by atomic mass is 10.2. The van der Waals surface area contributed by atoms with Crippen LogP contribution in [-0.2, 0) is 6.18 Å². The van der Waals surface area contributed by atoms with Gasteiger partial charge in [-0.1, -0.05) is 0 Å². The third-order valence-electron chi connectivity index (χ3n) is 4.67. The number of nitrogens with zero attached hydrogens (tertiary/aromatic N) is 8. The first kappa shape index (κ1) is 17.4. The molecule has 0 amide bonds. The maximum absolute atomic E-state index is 12.9. The lowest BCUT2D eigenvalue weighted by Gasteiger charge is -2.36. The Bertz CT molecular complexity index is 975. The van der Waals surface area contributed by atoms with Crippen LogP contribution in [0.5, 0.6) is 0 Å². The molecule has 8 nitrogen and oxygen atoms in total. The standard InChI is InChI=1S/C16H17F3N8/c1-10-11(2)23-15-21-9-22-27(15)13(10)25-5-7-26(8-6-25)14-20-4-3-12(24-14)16(17,18)19/h3-4,9H,5-8H2,1-2H3. The highest BCUT2D eigenvalue weighted by atomic mass is 19.4. The molecule has 1 fully saturated rings. The van der Waals surface area contributed by atoms with Crippen LogP contribution in [0.25, 0.3) is 5.78 Å². The van der Waals surface area contributed by atoms with Gasteiger partial charge in [-0.2, -0.15) is 27.8 Å². The summed E-state index contributed by atoms with van der Waals surface area (Å²) >= 11 is 0. The van der Waals surface area contributed by atoms with Gasteiger partial charge in [0.1, 0.15) is 17.8 Å². The van der Waals surface area contributed by atoms with Crippen molar-refractivity contribution in [2.75, 3.05) is 36.0 Å². The first-order chi connectivity index (χ1) is 12.8. The number of aryl methyl sites for hydroxylation is 1. The molecule has 0 radical (unpaired) electrons. The molecule has 11 heteroatoms. The molecule has 4 heterocycles. The summed E-state index contributed by atoms with van der Waals surface area (Å²) in [6.45, 7) is 6.08. The maximum atomic E-state index is 12.9. The number of rotatable bonds is 2. The zero-order valence-corrected chi connectivity index (χ0v) is 14.8. The van der Waals surface area contributed by atoms with Crippen molar-refractivity contribution in [3.8, 4) is 0 Å². The largest absolute Gasteiger partial charge is 0.433 e. The van der Waals surface area contributed by atoms with E-state index in [-0.39, 0.29) is 5.95 Å². The molecule has 0 spiro atoms. The Morgan fingerprint density at radius 1 is 0.963 bits per heavy atom. The molecule has 4 rings (SSSR count). The van der Waals surface area contributed by atoms with Crippen LogP contribution in [0.15, 0.2) is 18.6 Å². The molecule has 142 valence electrons. The predicted molar refractivity (Wildman–Crippen MR) is 91.7 cm³/mol. The second-order valence-corrected chi connectivity index (χ2v) is 6.33. The fourth-order valence-corrected chi connectivity index (χ4v) is 3.16. The molecule has 0 bridgehead atoms. The molecule has 0 unspecified atom stereocenters. The molecule has 1 aliphatic rings. The minimum Gasteiger partial charge on any atom is -0.353 e. The molecule has 27 heavy (non-hydrogen) atoms. The van der Waals surface area contributed by atoms with Crippen LogP contribution in [0.4, 0.5) is 24.9 Å². The molecule has 1 saturated heterocycles. The fourth-order valence-electron chi connectivity index (χ4n) is 3.16. The normalized spacial score (nSPS) is 15.6. The number of alkyl halides is 3. The number of piperazine rings is 1. The minimum atomic E-state index is -4.48. The molecule has 3 aromatic heterocycles. The second kappa shape index (κ2) is 6.32. The van der Waals surface area contributed by atoms with E-state index < -0.39 is 11.9 Å². The maximum Gasteiger partial charge on any atom is 0.433 e. The Hall–Kier alpha value is -2.98. The van der Waals surface area contributed by atoms with Crippen LogP contribution >= 0.6 is 0 Å². The molecule has 0 saturated carbocycles. The Morgan fingerprint density at radius 2 is 1.67 bits per heavy atom. The minimum absolute atomic E-state index is 0.0954. The van der Waals surface area contributed by atoms with Crippen molar-refractivity contribution in [2.24, 2.45) is 0 Å². The smallest absolute Gasteiger partial charge is 0.353 e. The second-order valence-electron chi connectivity index (χ2n) is 6.33. The van der Waals surface area contributed by atoms with E-state index in [9.17, 15) is 13.2 Å². The number of halogens is 3. The van der Waals surface area contributed by atoms with Crippen molar-refractivity contribution < 1.29 is 13.2 Å². The van der Waals surface area contributed by atoms with Gasteiger partial charge in [0.15, 0.2) is 0 Å². The van der Waals surface area contributed by atoms with Crippen molar-refractivity contribution in [3.05, 3.63) is 35.5 Å². The lowest BCUT2D eigenvalue weighted by Crippen LogP contribution is -2.48. The molecular formula is C16H17F3N8. The summed E-state index contributed by atoms with van der Waals surface area (Å²) in [5, 5.41) is 4.25. The fraction of sp³-hybridized carbons (Fsp3) is 0.438. The third-order valence-corrected chi connectivity index (χ3v) is 4.67. The number of hydrogen-bond acceptors (Lipinski definition) is 7. The van der Waals surface area contributed by atoms with Crippen molar-refractivity contribution in [3.63, 3.8) is 0 Å². The van der Waals surface area contributed by atoms with Crippen LogP contribution < -0.4 is 9.80 Å². The molecule has 0 aromatic carbocycles. The van der Waals surface area contributed by atoms with E-state index >= 15 is 0 Å². The quantitative estimate of drug-likeness (QED) is 0.674. The highest BCUT2D eigenvalue weighted by molar-refractivity contribution is 5.55. The first-order valence-corrected chi connectivity index (χ1v) is 8.41. The Labute approximate surface area is 152 Å². The molecule has 0 N–H and O–H groups in total. The third kappa shape index (κ3) is 3.13. The Kier molecular flexibility index (Phi) is 4.08. The molecule has 0 aliphatic carbocycles. The van der Waals surface area contributed by atoms with Gasteiger partial charge in [-0.3, -0.25) is 0 Å². The molecular weight excluding hydrogens is 361 g/mol. The van der Waals surface area contributed by atoms with E-state index in [4.69, 9.17) is 0 Å². The zero-order valence-electron chi connectivity index (χ0n) is 14.8. The van der Waals surface area contributed by atoms with Crippen LogP contribution in [0.2, 0.25) is 0 Å². The predicted octanol–water partition coefficient (Wildman–Crippen LogP) is 1.88. The van der Waals surface area contributed by atoms with E-state index in [0.29, 0.717) is 32.0 Å². The topological polar surface area (TPSA) is 75.3 Å². The first-order valence-electron chi connectivity index (χ1n) is 8.41. The highest BCUT2D eigenvalue weighted by Crippen LogP contribution is 2.29. The van der Waals surface area contributed by atoms with Gasteiger partial charge in [0.25, 0.3) is 5.78 Å². The molecule has 3 aromatic rings. The van der Waals surface area contributed by atoms with Crippen molar-refractivity contribution >= 4 is 17.5 Å². The monoisotopic (exact) mass is 378 g/mol. The van der Waals surface area contributed by atoms with Crippen molar-refractivity contribution in [1.29, 1.82) is 0 Å². The van der Waals surface area contributed by atoms with Gasteiger partial charge in [0.05, 0.1) is 0 Å². The van der Waals surface area contributed by atoms with Crippen LogP contribution in [0.1, 0.15) is 17.0 Å². The van der Waals surface area contributed by atoms with Gasteiger partial charge >= 0.3 is 6.18 Å². The van der Waals surface area contributed by atoms with Crippen LogP contribution in [0, 0.1) is 13.8 Å². The number of anilines is 2. The van der Waals surface area contributed by atoms with Gasteiger partial charge in [-0.15, -0.1) is 0 Å². The van der Waals surface area contributed by atoms with Crippen molar-refractivity contribution in [2.45, 2.75) is 20.0 Å². The molecule has 1 aliphatic heterocycles. The van der Waals surface area contributed by atoms with Crippen LogP contribution in [-0.4, -0.2) is 55.7 Å². The number of aromatic nitrogens is 6. The average Bonchev–Trinajstić information content (AvgIpc) is 3.10. The summed E-state index contributed by atoms with van der Waals surface area (Å²) in [6.07, 6.45) is -1.88. The Morgan fingerprint density at radius 3 is 2.37 bits per heavy atom. The summed E-state index contributed by atoms with van der Waals surface area (Å²) in [4.78, 5) is 20.1. The van der Waals surface area contributed by atoms with E-state index in [0.717, 1.165) is 29.3 Å². The Balaban J connectivity index is 1.57. The summed E-state index contributed by atoms with van der Waals surface area (Å²) in [5.41, 5.74) is 0.936. The van der Waals surface area contributed by atoms with E-state index in [1.807, 2.05) is 13.8 Å². The SMILES string of the molecule is Cc1nc2ncnn2c(N2CCN(c3nccc(C(F)(F)F)n3)CC2)c1C. The summed E-state index contributed by atoms with van der Waals surface area (Å²) in [5.74, 6) is 1.52. The van der Waals surface area contributed by atoms with E-state index in [1.165, 1.54) is 6.33 Å². The zero-order chi connectivity index (χ0) is 19.2. The average molecular weight is 378 g/mol. The van der Waals surface area contributed by atoms with Crippen molar-refractivity contribution in [1.82, 2.24) is 29.5 Å². The van der Waals surface area contributed by atoms with Gasteiger partial charge in [-0.05, 0) is 19.9 Å². The number of hydrogen-bond donors (Lipinski definition) is 0.